The molecule has 1 heterocycles. The molecular weight excluding hydrogens is 324 g/mol. The quantitative estimate of drug-likeness (QED) is 0.761. The summed E-state index contributed by atoms with van der Waals surface area (Å²) in [5, 5.41) is 2.67. The van der Waals surface area contributed by atoms with E-state index in [1.165, 1.54) is 0 Å². The van der Waals surface area contributed by atoms with E-state index in [0.717, 1.165) is 25.7 Å². The van der Waals surface area contributed by atoms with Crippen LogP contribution in [0.25, 0.3) is 0 Å². The van der Waals surface area contributed by atoms with Crippen LogP contribution in [-0.2, 0) is 19.4 Å². The van der Waals surface area contributed by atoms with Gasteiger partial charge in [0.1, 0.15) is 6.04 Å². The van der Waals surface area contributed by atoms with Gasteiger partial charge in [-0.1, -0.05) is 19.8 Å². The van der Waals surface area contributed by atoms with E-state index in [9.17, 15) is 18.0 Å². The zero-order valence-corrected chi connectivity index (χ0v) is 14.5. The molecule has 0 aromatic carbocycles. The summed E-state index contributed by atoms with van der Waals surface area (Å²) >= 11 is 1.58. The second-order valence-corrected chi connectivity index (χ2v) is 9.31. The summed E-state index contributed by atoms with van der Waals surface area (Å²) in [6.07, 6.45) is 4.01. The molecule has 1 aliphatic carbocycles. The van der Waals surface area contributed by atoms with Crippen LogP contribution in [0.15, 0.2) is 0 Å². The molecule has 1 saturated heterocycles. The Morgan fingerprint density at radius 2 is 1.95 bits per heavy atom. The van der Waals surface area contributed by atoms with Crippen LogP contribution in [-0.4, -0.2) is 60.9 Å². The van der Waals surface area contributed by atoms with E-state index in [1.54, 1.807) is 23.6 Å². The number of nitrogens with zero attached hydrogens (tertiary/aromatic N) is 1. The zero-order valence-electron chi connectivity index (χ0n) is 12.9. The first-order chi connectivity index (χ1) is 10.4. The van der Waals surface area contributed by atoms with Gasteiger partial charge in [-0.05, 0) is 12.8 Å². The maximum Gasteiger partial charge on any atom is 0.243 e. The fraction of sp³-hybridized carbons (Fsp3) is 0.857. The molecular formula is C14H24N2O4S2. The molecule has 1 saturated carbocycles. The first-order valence-corrected chi connectivity index (χ1v) is 10.8. The second-order valence-electron chi connectivity index (χ2n) is 5.83. The van der Waals surface area contributed by atoms with Gasteiger partial charge < -0.3 is 10.2 Å². The van der Waals surface area contributed by atoms with Crippen LogP contribution in [0.2, 0.25) is 0 Å². The van der Waals surface area contributed by atoms with Gasteiger partial charge in [0.25, 0.3) is 0 Å². The topological polar surface area (TPSA) is 83.6 Å². The summed E-state index contributed by atoms with van der Waals surface area (Å²) in [5.74, 6) is 1.09. The number of thioether (sulfide) groups is 1. The van der Waals surface area contributed by atoms with Gasteiger partial charge in [-0.15, -0.1) is 11.8 Å². The molecule has 2 fully saturated rings. The first-order valence-electron chi connectivity index (χ1n) is 7.81. The van der Waals surface area contributed by atoms with Crippen LogP contribution >= 0.6 is 11.8 Å². The molecule has 2 rings (SSSR count). The highest BCUT2D eigenvalue weighted by Crippen LogP contribution is 2.30. The predicted molar refractivity (Wildman–Crippen MR) is 87.3 cm³/mol. The van der Waals surface area contributed by atoms with Gasteiger partial charge in [0.15, 0.2) is 9.84 Å². The molecule has 0 aromatic heterocycles. The van der Waals surface area contributed by atoms with Crippen LogP contribution in [0.3, 0.4) is 0 Å². The highest BCUT2D eigenvalue weighted by Gasteiger charge is 2.38. The fourth-order valence-electron chi connectivity index (χ4n) is 2.88. The van der Waals surface area contributed by atoms with Crippen LogP contribution in [0, 0.1) is 5.92 Å². The third-order valence-corrected chi connectivity index (χ3v) is 7.04. The summed E-state index contributed by atoms with van der Waals surface area (Å²) in [6.45, 7) is 1.70. The highest BCUT2D eigenvalue weighted by atomic mass is 32.2. The minimum atomic E-state index is -3.08. The lowest BCUT2D eigenvalue weighted by Crippen LogP contribution is -2.49. The Hall–Kier alpha value is -0.760. The van der Waals surface area contributed by atoms with Crippen LogP contribution in [0.5, 0.6) is 0 Å². The molecule has 0 radical (unpaired) electrons. The van der Waals surface area contributed by atoms with E-state index in [0.29, 0.717) is 11.6 Å². The Morgan fingerprint density at radius 1 is 1.27 bits per heavy atom. The van der Waals surface area contributed by atoms with Crippen molar-refractivity contribution in [3.63, 3.8) is 0 Å². The van der Waals surface area contributed by atoms with E-state index < -0.39 is 15.9 Å². The molecule has 1 N–H and O–H groups in total. The van der Waals surface area contributed by atoms with Crippen molar-refractivity contribution in [3.05, 3.63) is 0 Å². The third-order valence-electron chi connectivity index (χ3n) is 4.32. The van der Waals surface area contributed by atoms with Crippen LogP contribution < -0.4 is 5.32 Å². The minimum absolute atomic E-state index is 0.0499. The largest absolute Gasteiger partial charge is 0.353 e. The Labute approximate surface area is 136 Å². The average molecular weight is 348 g/mol. The predicted octanol–water partition coefficient (Wildman–Crippen LogP) is 0.629. The van der Waals surface area contributed by atoms with E-state index in [-0.39, 0.29) is 35.8 Å². The summed E-state index contributed by atoms with van der Waals surface area (Å²) in [6, 6.07) is -0.456. The Balaban J connectivity index is 1.86. The number of hydrogen-bond acceptors (Lipinski definition) is 5. The van der Waals surface area contributed by atoms with Crippen molar-refractivity contribution in [1.82, 2.24) is 10.2 Å². The second kappa shape index (κ2) is 7.68. The van der Waals surface area contributed by atoms with Crippen molar-refractivity contribution in [1.29, 1.82) is 0 Å². The Bertz CT molecular complexity index is 515. The van der Waals surface area contributed by atoms with E-state index in [1.807, 2.05) is 0 Å². The molecule has 0 unspecified atom stereocenters. The van der Waals surface area contributed by atoms with Crippen molar-refractivity contribution < 1.29 is 18.0 Å². The van der Waals surface area contributed by atoms with Crippen molar-refractivity contribution in [2.75, 3.05) is 29.7 Å². The lowest BCUT2D eigenvalue weighted by molar-refractivity contribution is -0.141. The lowest BCUT2D eigenvalue weighted by atomic mass is 10.1. The summed E-state index contributed by atoms with van der Waals surface area (Å²) in [4.78, 5) is 26.4. The molecule has 22 heavy (non-hydrogen) atoms. The zero-order chi connectivity index (χ0) is 16.2. The Morgan fingerprint density at radius 3 is 2.59 bits per heavy atom. The normalized spacial score (nSPS) is 23.0. The number of nitrogens with one attached hydrogen (secondary N) is 1. The maximum atomic E-state index is 12.5. The van der Waals surface area contributed by atoms with Crippen molar-refractivity contribution in [2.24, 2.45) is 5.92 Å². The van der Waals surface area contributed by atoms with Crippen molar-refractivity contribution >= 4 is 33.4 Å². The van der Waals surface area contributed by atoms with Gasteiger partial charge in [-0.25, -0.2) is 8.42 Å². The molecule has 0 bridgehead atoms. The molecule has 0 spiro atoms. The van der Waals surface area contributed by atoms with Gasteiger partial charge in [0.2, 0.25) is 11.8 Å². The molecule has 0 aromatic rings. The van der Waals surface area contributed by atoms with Crippen molar-refractivity contribution in [3.8, 4) is 0 Å². The molecule has 8 heteroatoms. The number of rotatable bonds is 6. The van der Waals surface area contributed by atoms with Gasteiger partial charge in [-0.2, -0.15) is 0 Å². The molecule has 2 aliphatic rings. The lowest BCUT2D eigenvalue weighted by Gasteiger charge is -2.25. The van der Waals surface area contributed by atoms with Gasteiger partial charge in [-0.3, -0.25) is 9.59 Å². The molecule has 1 aliphatic heterocycles. The molecule has 2 amide bonds. The summed E-state index contributed by atoms with van der Waals surface area (Å²) in [5.41, 5.74) is 0. The average Bonchev–Trinajstić information content (AvgIpc) is 3.17. The SMILES string of the molecule is CCS(=O)(=O)CCNC(=O)[C@H]1CSCN1C(=O)C1CCCC1. The minimum Gasteiger partial charge on any atom is -0.353 e. The van der Waals surface area contributed by atoms with E-state index in [2.05, 4.69) is 5.32 Å². The Kier molecular flexibility index (Phi) is 6.14. The van der Waals surface area contributed by atoms with E-state index in [4.69, 9.17) is 0 Å². The maximum absolute atomic E-state index is 12.5. The highest BCUT2D eigenvalue weighted by molar-refractivity contribution is 7.99. The number of sulfone groups is 1. The van der Waals surface area contributed by atoms with Crippen LogP contribution in [0.1, 0.15) is 32.6 Å². The monoisotopic (exact) mass is 348 g/mol. The van der Waals surface area contributed by atoms with Crippen molar-refractivity contribution in [2.45, 2.75) is 38.6 Å². The number of hydrogen-bond donors (Lipinski definition) is 1. The number of carbonyl (C=O) groups excluding carboxylic acids is 2. The van der Waals surface area contributed by atoms with Crippen LogP contribution in [0.4, 0.5) is 0 Å². The first kappa shape index (κ1) is 17.6. The van der Waals surface area contributed by atoms with Gasteiger partial charge >= 0.3 is 0 Å². The molecule has 6 nitrogen and oxygen atoms in total. The molecule has 1 atom stereocenters. The fourth-order valence-corrected chi connectivity index (χ4v) is 4.74. The number of amides is 2. The standard InChI is InChI=1S/C14H24N2O4S2/c1-2-22(19,20)8-7-15-13(17)12-9-21-10-16(12)14(18)11-5-3-4-6-11/h11-12H,2-10H2,1H3,(H,15,17)/t12-/m1/s1. The smallest absolute Gasteiger partial charge is 0.243 e. The number of carbonyl (C=O) groups is 2. The summed E-state index contributed by atoms with van der Waals surface area (Å²) < 4.78 is 22.9. The summed E-state index contributed by atoms with van der Waals surface area (Å²) in [7, 11) is -3.08. The van der Waals surface area contributed by atoms with E-state index >= 15 is 0 Å². The van der Waals surface area contributed by atoms with Gasteiger partial charge in [0, 0.05) is 24.0 Å². The van der Waals surface area contributed by atoms with Gasteiger partial charge in [0.05, 0.1) is 11.6 Å². The third kappa shape index (κ3) is 4.38. The molecule has 126 valence electrons.